The Morgan fingerprint density at radius 3 is 2.50 bits per heavy atom. The Balaban J connectivity index is 1.54. The second kappa shape index (κ2) is 8.54. The summed E-state index contributed by atoms with van der Waals surface area (Å²) in [6, 6.07) is 18.5. The van der Waals surface area contributed by atoms with E-state index in [1.54, 1.807) is 18.2 Å². The van der Waals surface area contributed by atoms with Crippen LogP contribution in [0.5, 0.6) is 0 Å². The van der Waals surface area contributed by atoms with Gasteiger partial charge < -0.3 is 4.74 Å². The maximum Gasteiger partial charge on any atom is 0.307 e. The van der Waals surface area contributed by atoms with Crippen molar-refractivity contribution in [2.75, 3.05) is 6.54 Å². The topological polar surface area (TPSA) is 72.5 Å². The lowest BCUT2D eigenvalue weighted by molar-refractivity contribution is -0.144. The molecule has 28 heavy (non-hydrogen) atoms. The van der Waals surface area contributed by atoms with Crippen molar-refractivity contribution in [3.8, 4) is 0 Å². The van der Waals surface area contributed by atoms with Crippen molar-refractivity contribution in [1.82, 2.24) is 4.72 Å². The van der Waals surface area contributed by atoms with Crippen LogP contribution in [0.2, 0.25) is 0 Å². The molecule has 0 amide bonds. The zero-order chi connectivity index (χ0) is 20.1. The lowest BCUT2D eigenvalue weighted by Crippen LogP contribution is -2.26. The molecular formula is C22H23NO4S. The van der Waals surface area contributed by atoms with Gasteiger partial charge in [-0.1, -0.05) is 54.1 Å². The number of nitrogens with one attached hydrogen (secondary N) is 1. The molecule has 0 aromatic heterocycles. The van der Waals surface area contributed by atoms with Crippen molar-refractivity contribution < 1.29 is 17.9 Å². The maximum atomic E-state index is 12.5. The fourth-order valence-electron chi connectivity index (χ4n) is 2.89. The van der Waals surface area contributed by atoms with Crippen LogP contribution in [-0.4, -0.2) is 20.9 Å². The first-order chi connectivity index (χ1) is 13.3. The van der Waals surface area contributed by atoms with Crippen molar-refractivity contribution in [3.05, 3.63) is 77.4 Å². The number of fused-ring (bicyclic) bond motifs is 1. The third-order valence-electron chi connectivity index (χ3n) is 4.55. The molecule has 0 saturated heterocycles. The van der Waals surface area contributed by atoms with E-state index >= 15 is 0 Å². The molecule has 0 spiro atoms. The Kier molecular flexibility index (Phi) is 6.11. The van der Waals surface area contributed by atoms with Crippen LogP contribution in [0.4, 0.5) is 0 Å². The Hall–Kier alpha value is -2.70. The van der Waals surface area contributed by atoms with E-state index in [0.717, 1.165) is 27.5 Å². The molecule has 0 unspecified atom stereocenters. The molecule has 3 aromatic rings. The minimum absolute atomic E-state index is 0.0131. The minimum atomic E-state index is -3.68. The minimum Gasteiger partial charge on any atom is -0.461 e. The molecule has 0 radical (unpaired) electrons. The first kappa shape index (κ1) is 20.0. The second-order valence-electron chi connectivity index (χ2n) is 6.75. The molecule has 146 valence electrons. The standard InChI is InChI=1S/C22H23NO4S/c1-16-7-8-17(2)20(13-16)15-27-22(24)11-12-23-28(25,26)21-10-9-18-5-3-4-6-19(18)14-21/h3-10,13-14,23H,11-12,15H2,1-2H3. The normalized spacial score (nSPS) is 11.5. The quantitative estimate of drug-likeness (QED) is 0.615. The first-order valence-electron chi connectivity index (χ1n) is 9.05. The molecule has 0 heterocycles. The molecule has 3 aromatic carbocycles. The van der Waals surface area contributed by atoms with Gasteiger partial charge in [0.2, 0.25) is 10.0 Å². The number of hydrogen-bond donors (Lipinski definition) is 1. The summed E-state index contributed by atoms with van der Waals surface area (Å²) in [6.45, 7) is 4.11. The average Bonchev–Trinajstić information content (AvgIpc) is 2.68. The van der Waals surface area contributed by atoms with Crippen LogP contribution in [0, 0.1) is 13.8 Å². The van der Waals surface area contributed by atoms with Crippen molar-refractivity contribution in [1.29, 1.82) is 0 Å². The van der Waals surface area contributed by atoms with Crippen LogP contribution in [0.15, 0.2) is 65.6 Å². The lowest BCUT2D eigenvalue weighted by atomic mass is 10.1. The van der Waals surface area contributed by atoms with Crippen LogP contribution in [-0.2, 0) is 26.2 Å². The highest BCUT2D eigenvalue weighted by Crippen LogP contribution is 2.19. The van der Waals surface area contributed by atoms with E-state index in [1.807, 2.05) is 56.3 Å². The lowest BCUT2D eigenvalue weighted by Gasteiger charge is -2.10. The number of aryl methyl sites for hydroxylation is 2. The summed E-state index contributed by atoms with van der Waals surface area (Å²) < 4.78 is 32.6. The van der Waals surface area contributed by atoms with E-state index in [2.05, 4.69) is 4.72 Å². The molecule has 5 nitrogen and oxygen atoms in total. The van der Waals surface area contributed by atoms with Gasteiger partial charge in [0.25, 0.3) is 0 Å². The summed E-state index contributed by atoms with van der Waals surface area (Å²) in [7, 11) is -3.68. The molecule has 6 heteroatoms. The van der Waals surface area contributed by atoms with Crippen LogP contribution in [0.25, 0.3) is 10.8 Å². The van der Waals surface area contributed by atoms with Crippen LogP contribution in [0.1, 0.15) is 23.1 Å². The van der Waals surface area contributed by atoms with E-state index in [9.17, 15) is 13.2 Å². The molecule has 0 aliphatic rings. The van der Waals surface area contributed by atoms with Gasteiger partial charge >= 0.3 is 5.97 Å². The maximum absolute atomic E-state index is 12.5. The second-order valence-corrected chi connectivity index (χ2v) is 8.51. The number of hydrogen-bond acceptors (Lipinski definition) is 4. The summed E-state index contributed by atoms with van der Waals surface area (Å²) in [6.07, 6.45) is -0.0301. The number of sulfonamides is 1. The Labute approximate surface area is 165 Å². The van der Waals surface area contributed by atoms with Gasteiger partial charge in [-0.2, -0.15) is 0 Å². The van der Waals surface area contributed by atoms with Gasteiger partial charge in [-0.3, -0.25) is 4.79 Å². The monoisotopic (exact) mass is 397 g/mol. The molecule has 0 atom stereocenters. The predicted molar refractivity (Wildman–Crippen MR) is 109 cm³/mol. The van der Waals surface area contributed by atoms with Crippen LogP contribution in [0.3, 0.4) is 0 Å². The third-order valence-corrected chi connectivity index (χ3v) is 6.00. The van der Waals surface area contributed by atoms with E-state index in [-0.39, 0.29) is 24.5 Å². The fourth-order valence-corrected chi connectivity index (χ4v) is 3.96. The molecule has 0 saturated carbocycles. The van der Waals surface area contributed by atoms with Gasteiger partial charge in [0.05, 0.1) is 11.3 Å². The first-order valence-corrected chi connectivity index (χ1v) is 10.5. The van der Waals surface area contributed by atoms with Gasteiger partial charge in [-0.15, -0.1) is 0 Å². The Morgan fingerprint density at radius 1 is 0.964 bits per heavy atom. The Morgan fingerprint density at radius 2 is 1.71 bits per heavy atom. The fraction of sp³-hybridized carbons (Fsp3) is 0.227. The average molecular weight is 397 g/mol. The van der Waals surface area contributed by atoms with Crippen molar-refractivity contribution in [2.24, 2.45) is 0 Å². The van der Waals surface area contributed by atoms with E-state index < -0.39 is 16.0 Å². The van der Waals surface area contributed by atoms with Crippen molar-refractivity contribution in [3.63, 3.8) is 0 Å². The van der Waals surface area contributed by atoms with Crippen molar-refractivity contribution in [2.45, 2.75) is 31.8 Å². The number of carbonyl (C=O) groups excluding carboxylic acids is 1. The van der Waals surface area contributed by atoms with Gasteiger partial charge in [-0.25, -0.2) is 13.1 Å². The van der Waals surface area contributed by atoms with E-state index in [1.165, 1.54) is 0 Å². The molecule has 3 rings (SSSR count). The number of benzene rings is 3. The molecule has 0 bridgehead atoms. The van der Waals surface area contributed by atoms with Gasteiger partial charge in [0.15, 0.2) is 0 Å². The SMILES string of the molecule is Cc1ccc(C)c(COC(=O)CCNS(=O)(=O)c2ccc3ccccc3c2)c1. The van der Waals surface area contributed by atoms with Crippen molar-refractivity contribution >= 4 is 26.8 Å². The van der Waals surface area contributed by atoms with E-state index in [4.69, 9.17) is 4.74 Å². The highest BCUT2D eigenvalue weighted by atomic mass is 32.2. The number of rotatable bonds is 7. The largest absolute Gasteiger partial charge is 0.461 e. The number of carbonyl (C=O) groups is 1. The summed E-state index contributed by atoms with van der Waals surface area (Å²) in [5, 5.41) is 1.81. The Bertz CT molecular complexity index is 1110. The highest BCUT2D eigenvalue weighted by molar-refractivity contribution is 7.89. The smallest absolute Gasteiger partial charge is 0.307 e. The molecule has 0 aliphatic carbocycles. The van der Waals surface area contributed by atoms with Gasteiger partial charge in [0, 0.05) is 6.54 Å². The zero-order valence-corrected chi connectivity index (χ0v) is 16.8. The number of ether oxygens (including phenoxy) is 1. The predicted octanol–water partition coefficient (Wildman–Crippen LogP) is 3.87. The molecule has 1 N–H and O–H groups in total. The van der Waals surface area contributed by atoms with Gasteiger partial charge in [-0.05, 0) is 47.9 Å². The summed E-state index contributed by atoms with van der Waals surface area (Å²) in [5.41, 5.74) is 3.10. The molecule has 0 fully saturated rings. The molecule has 0 aliphatic heterocycles. The third kappa shape index (κ3) is 4.97. The van der Waals surface area contributed by atoms with Gasteiger partial charge in [0.1, 0.15) is 6.61 Å². The van der Waals surface area contributed by atoms with Crippen LogP contribution < -0.4 is 4.72 Å². The summed E-state index contributed by atoms with van der Waals surface area (Å²) in [4.78, 5) is 12.1. The molecular weight excluding hydrogens is 374 g/mol. The summed E-state index contributed by atoms with van der Waals surface area (Å²) >= 11 is 0. The summed E-state index contributed by atoms with van der Waals surface area (Å²) in [5.74, 6) is -0.442. The highest BCUT2D eigenvalue weighted by Gasteiger charge is 2.15. The number of esters is 1. The van der Waals surface area contributed by atoms with Crippen LogP contribution >= 0.6 is 0 Å². The zero-order valence-electron chi connectivity index (χ0n) is 15.9. The van der Waals surface area contributed by atoms with E-state index in [0.29, 0.717) is 0 Å².